The molecule has 6 heteroatoms. The number of aliphatic carboxylic acids is 1. The molecule has 2 atom stereocenters. The number of anilines is 1. The highest BCUT2D eigenvalue weighted by Gasteiger charge is 2.34. The first-order valence-electron chi connectivity index (χ1n) is 10.5. The maximum atomic E-state index is 11.1. The minimum absolute atomic E-state index is 0.275. The molecule has 0 amide bonds. The Morgan fingerprint density at radius 2 is 1.96 bits per heavy atom. The van der Waals surface area contributed by atoms with E-state index in [0.717, 1.165) is 57.6 Å². The fourth-order valence-corrected chi connectivity index (χ4v) is 4.95. The van der Waals surface area contributed by atoms with Crippen LogP contribution in [0.4, 0.5) is 5.69 Å². The summed E-state index contributed by atoms with van der Waals surface area (Å²) in [6.45, 7) is 4.27. The van der Waals surface area contributed by atoms with Gasteiger partial charge < -0.3 is 19.6 Å². The van der Waals surface area contributed by atoms with Crippen LogP contribution < -0.4 is 9.64 Å². The maximum absolute atomic E-state index is 11.1. The molecule has 0 bridgehead atoms. The van der Waals surface area contributed by atoms with Crippen molar-refractivity contribution in [3.05, 3.63) is 24.3 Å². The van der Waals surface area contributed by atoms with Gasteiger partial charge in [0.1, 0.15) is 5.75 Å². The number of likely N-dealkylation sites (tertiary alicyclic amines) is 1. The topological polar surface area (TPSA) is 56.2 Å². The van der Waals surface area contributed by atoms with E-state index >= 15 is 0 Å². The van der Waals surface area contributed by atoms with Crippen molar-refractivity contribution in [3.8, 4) is 5.75 Å². The Balaban J connectivity index is 1.56. The third-order valence-corrected chi connectivity index (χ3v) is 6.52. The molecule has 0 aromatic heterocycles. The molecule has 0 saturated carbocycles. The highest BCUT2D eigenvalue weighted by molar-refractivity contribution is 5.66. The van der Waals surface area contributed by atoms with Crippen LogP contribution in [-0.2, 0) is 4.79 Å². The molecule has 2 aliphatic heterocycles. The Morgan fingerprint density at radius 1 is 1.21 bits per heavy atom. The number of hydrogen-bond acceptors (Lipinski definition) is 5. The minimum Gasteiger partial charge on any atom is -0.497 e. The van der Waals surface area contributed by atoms with E-state index < -0.39 is 5.97 Å². The van der Waals surface area contributed by atoms with Crippen LogP contribution in [0.1, 0.15) is 32.1 Å². The number of benzene rings is 1. The van der Waals surface area contributed by atoms with E-state index in [4.69, 9.17) is 9.84 Å². The van der Waals surface area contributed by atoms with Gasteiger partial charge in [-0.15, -0.1) is 0 Å². The molecule has 2 saturated heterocycles. The SMILES string of the molecule is COc1cccc(N2CCC(N3CC[C@@H](N(C)C)[C@@H](CCC(=O)O)C3)CC2)c1. The van der Waals surface area contributed by atoms with Gasteiger partial charge in [0.05, 0.1) is 7.11 Å². The van der Waals surface area contributed by atoms with Gasteiger partial charge in [-0.3, -0.25) is 9.69 Å². The summed E-state index contributed by atoms with van der Waals surface area (Å²) in [5, 5.41) is 9.12. The van der Waals surface area contributed by atoms with Crippen molar-refractivity contribution >= 4 is 11.7 Å². The van der Waals surface area contributed by atoms with Gasteiger partial charge in [-0.2, -0.15) is 0 Å². The van der Waals surface area contributed by atoms with E-state index in [-0.39, 0.29) is 6.42 Å². The van der Waals surface area contributed by atoms with Crippen LogP contribution >= 0.6 is 0 Å². The quantitative estimate of drug-likeness (QED) is 0.774. The number of carboxylic acid groups (broad SMARTS) is 1. The summed E-state index contributed by atoms with van der Waals surface area (Å²) in [5.41, 5.74) is 1.24. The van der Waals surface area contributed by atoms with E-state index in [9.17, 15) is 4.79 Å². The molecule has 1 aromatic rings. The second-order valence-electron chi connectivity index (χ2n) is 8.43. The second-order valence-corrected chi connectivity index (χ2v) is 8.43. The molecular formula is C22H35N3O3. The number of methoxy groups -OCH3 is 1. The summed E-state index contributed by atoms with van der Waals surface area (Å²) in [6.07, 6.45) is 4.51. The number of carbonyl (C=O) groups is 1. The van der Waals surface area contributed by atoms with E-state index in [0.29, 0.717) is 18.0 Å². The van der Waals surface area contributed by atoms with Gasteiger partial charge in [-0.25, -0.2) is 0 Å². The molecule has 156 valence electrons. The van der Waals surface area contributed by atoms with Gasteiger partial charge in [-0.1, -0.05) is 6.07 Å². The smallest absolute Gasteiger partial charge is 0.303 e. The van der Waals surface area contributed by atoms with Gasteiger partial charge in [0.25, 0.3) is 0 Å². The highest BCUT2D eigenvalue weighted by atomic mass is 16.5. The Morgan fingerprint density at radius 3 is 2.61 bits per heavy atom. The van der Waals surface area contributed by atoms with Gasteiger partial charge in [0, 0.05) is 49.9 Å². The van der Waals surface area contributed by atoms with Crippen LogP contribution in [0.25, 0.3) is 0 Å². The lowest BCUT2D eigenvalue weighted by Gasteiger charge is -2.47. The van der Waals surface area contributed by atoms with Crippen LogP contribution in [0, 0.1) is 5.92 Å². The Bertz CT molecular complexity index is 644. The lowest BCUT2D eigenvalue weighted by molar-refractivity contribution is -0.137. The Labute approximate surface area is 169 Å². The summed E-state index contributed by atoms with van der Waals surface area (Å²) in [6, 6.07) is 9.42. The molecule has 2 aliphatic rings. The molecule has 6 nitrogen and oxygen atoms in total. The van der Waals surface area contributed by atoms with Crippen molar-refractivity contribution in [2.24, 2.45) is 5.92 Å². The summed E-state index contributed by atoms with van der Waals surface area (Å²) in [7, 11) is 5.96. The average molecular weight is 390 g/mol. The standard InChI is InChI=1S/C22H35N3O3/c1-23(2)21-11-14-25(16-17(21)7-8-22(26)27)18-9-12-24(13-10-18)19-5-4-6-20(15-19)28-3/h4-6,15,17-18,21H,7-14,16H2,1-3H3,(H,26,27)/t17-,21+/m0/s1. The predicted octanol–water partition coefficient (Wildman–Crippen LogP) is 2.78. The largest absolute Gasteiger partial charge is 0.497 e. The summed E-state index contributed by atoms with van der Waals surface area (Å²) in [4.78, 5) is 18.4. The van der Waals surface area contributed by atoms with Gasteiger partial charge in [0.15, 0.2) is 0 Å². The monoisotopic (exact) mass is 389 g/mol. The van der Waals surface area contributed by atoms with E-state index in [1.807, 2.05) is 6.07 Å². The minimum atomic E-state index is -0.679. The summed E-state index contributed by atoms with van der Waals surface area (Å²) < 4.78 is 5.36. The van der Waals surface area contributed by atoms with Crippen molar-refractivity contribution < 1.29 is 14.6 Å². The molecule has 2 heterocycles. The van der Waals surface area contributed by atoms with E-state index in [2.05, 4.69) is 47.0 Å². The summed E-state index contributed by atoms with van der Waals surface area (Å²) >= 11 is 0. The number of rotatable bonds is 7. The zero-order valence-electron chi connectivity index (χ0n) is 17.5. The number of hydrogen-bond donors (Lipinski definition) is 1. The number of carboxylic acids is 1. The van der Waals surface area contributed by atoms with Gasteiger partial charge in [0.2, 0.25) is 0 Å². The number of ether oxygens (including phenoxy) is 1. The van der Waals surface area contributed by atoms with Crippen LogP contribution in [0.5, 0.6) is 5.75 Å². The lowest BCUT2D eigenvalue weighted by atomic mass is 9.86. The van der Waals surface area contributed by atoms with Crippen LogP contribution in [0.3, 0.4) is 0 Å². The van der Waals surface area contributed by atoms with Crippen molar-refractivity contribution in [2.45, 2.75) is 44.2 Å². The van der Waals surface area contributed by atoms with E-state index in [1.54, 1.807) is 7.11 Å². The highest BCUT2D eigenvalue weighted by Crippen LogP contribution is 2.30. The van der Waals surface area contributed by atoms with E-state index in [1.165, 1.54) is 5.69 Å². The normalized spacial score (nSPS) is 24.5. The zero-order valence-corrected chi connectivity index (χ0v) is 17.5. The molecule has 2 fully saturated rings. The predicted molar refractivity (Wildman–Crippen MR) is 112 cm³/mol. The molecule has 0 radical (unpaired) electrons. The van der Waals surface area contributed by atoms with Gasteiger partial charge in [-0.05, 0) is 64.4 Å². The van der Waals surface area contributed by atoms with Crippen molar-refractivity contribution in [1.82, 2.24) is 9.80 Å². The zero-order chi connectivity index (χ0) is 20.1. The molecule has 0 unspecified atom stereocenters. The maximum Gasteiger partial charge on any atom is 0.303 e. The molecule has 1 N–H and O–H groups in total. The van der Waals surface area contributed by atoms with Crippen molar-refractivity contribution in [2.75, 3.05) is 52.3 Å². The fourth-order valence-electron chi connectivity index (χ4n) is 4.95. The summed E-state index contributed by atoms with van der Waals surface area (Å²) in [5.74, 6) is 0.671. The average Bonchev–Trinajstić information content (AvgIpc) is 2.72. The first-order chi connectivity index (χ1) is 13.5. The number of piperidine rings is 2. The second kappa shape index (κ2) is 9.61. The number of nitrogens with zero attached hydrogens (tertiary/aromatic N) is 3. The van der Waals surface area contributed by atoms with Crippen LogP contribution in [-0.4, -0.2) is 80.3 Å². The first kappa shape index (κ1) is 20.9. The lowest BCUT2D eigenvalue weighted by Crippen LogP contribution is -2.54. The first-order valence-corrected chi connectivity index (χ1v) is 10.5. The van der Waals surface area contributed by atoms with Crippen molar-refractivity contribution in [3.63, 3.8) is 0 Å². The molecule has 28 heavy (non-hydrogen) atoms. The molecule has 0 aliphatic carbocycles. The molecular weight excluding hydrogens is 354 g/mol. The third-order valence-electron chi connectivity index (χ3n) is 6.52. The third kappa shape index (κ3) is 5.17. The Hall–Kier alpha value is -1.79. The fraction of sp³-hybridized carbons (Fsp3) is 0.682. The van der Waals surface area contributed by atoms with Crippen LogP contribution in [0.15, 0.2) is 24.3 Å². The Kier molecular flexibility index (Phi) is 7.18. The van der Waals surface area contributed by atoms with Crippen molar-refractivity contribution in [1.29, 1.82) is 0 Å². The van der Waals surface area contributed by atoms with Gasteiger partial charge >= 0.3 is 5.97 Å². The van der Waals surface area contributed by atoms with Crippen LogP contribution in [0.2, 0.25) is 0 Å². The molecule has 0 spiro atoms. The molecule has 1 aromatic carbocycles. The molecule has 3 rings (SSSR count).